The summed E-state index contributed by atoms with van der Waals surface area (Å²) in [6.07, 6.45) is 0. The highest BCUT2D eigenvalue weighted by atomic mass is 19.1. The van der Waals surface area contributed by atoms with Crippen LogP contribution in [-0.2, 0) is 0 Å². The van der Waals surface area contributed by atoms with Gasteiger partial charge in [0.25, 0.3) is 0 Å². The van der Waals surface area contributed by atoms with E-state index in [0.717, 1.165) is 25.3 Å². The smallest absolute Gasteiger partial charge is 0.123 e. The Morgan fingerprint density at radius 1 is 1.05 bits per heavy atom. The molecular formula is C16H25FN2. The molecule has 2 nitrogen and oxygen atoms in total. The van der Waals surface area contributed by atoms with Gasteiger partial charge in [-0.1, -0.05) is 13.8 Å². The fourth-order valence-corrected chi connectivity index (χ4v) is 2.95. The predicted octanol–water partition coefficient (Wildman–Crippen LogP) is 3.38. The van der Waals surface area contributed by atoms with Gasteiger partial charge in [-0.15, -0.1) is 0 Å². The van der Waals surface area contributed by atoms with E-state index in [0.29, 0.717) is 18.0 Å². The molecule has 1 aromatic rings. The lowest BCUT2D eigenvalue weighted by Crippen LogP contribution is -2.57. The first-order chi connectivity index (χ1) is 8.99. The third-order valence-electron chi connectivity index (χ3n) is 4.09. The largest absolute Gasteiger partial charge is 0.369 e. The Hall–Kier alpha value is -1.09. The summed E-state index contributed by atoms with van der Waals surface area (Å²) < 4.78 is 13.0. The van der Waals surface area contributed by atoms with Gasteiger partial charge in [0, 0.05) is 37.4 Å². The molecule has 1 atom stereocenters. The number of nitrogens with zero attached hydrogens (tertiary/aromatic N) is 2. The number of hydrogen-bond acceptors (Lipinski definition) is 2. The van der Waals surface area contributed by atoms with Crippen LogP contribution in [0.1, 0.15) is 27.7 Å². The Morgan fingerprint density at radius 2 is 1.68 bits per heavy atom. The van der Waals surface area contributed by atoms with Crippen molar-refractivity contribution in [3.05, 3.63) is 30.1 Å². The summed E-state index contributed by atoms with van der Waals surface area (Å²) in [4.78, 5) is 4.97. The number of rotatable bonds is 3. The second-order valence-corrected chi connectivity index (χ2v) is 6.07. The molecule has 1 aliphatic rings. The molecule has 0 unspecified atom stereocenters. The zero-order valence-electron chi connectivity index (χ0n) is 12.4. The highest BCUT2D eigenvalue weighted by Gasteiger charge is 2.30. The molecule has 1 aliphatic heterocycles. The van der Waals surface area contributed by atoms with Crippen molar-refractivity contribution >= 4 is 5.69 Å². The molecule has 0 spiro atoms. The van der Waals surface area contributed by atoms with Gasteiger partial charge in [-0.05, 0) is 44.0 Å². The average Bonchev–Trinajstić information content (AvgIpc) is 2.38. The van der Waals surface area contributed by atoms with Crippen LogP contribution in [0.4, 0.5) is 10.1 Å². The molecule has 0 aliphatic carbocycles. The van der Waals surface area contributed by atoms with Crippen molar-refractivity contribution < 1.29 is 4.39 Å². The molecule has 1 fully saturated rings. The van der Waals surface area contributed by atoms with Crippen molar-refractivity contribution in [2.45, 2.75) is 39.8 Å². The van der Waals surface area contributed by atoms with Crippen LogP contribution in [-0.4, -0.2) is 36.6 Å². The highest BCUT2D eigenvalue weighted by molar-refractivity contribution is 5.47. The standard InChI is InChI=1S/C16H25FN2/c1-12(2)16-11-18(9-10-19(16)13(3)4)15-7-5-14(17)6-8-15/h5-8,12-13,16H,9-11H2,1-4H3/t16-/m0/s1. The lowest BCUT2D eigenvalue weighted by atomic mass is 9.97. The van der Waals surface area contributed by atoms with Gasteiger partial charge in [0.1, 0.15) is 5.82 Å². The first-order valence-electron chi connectivity index (χ1n) is 7.25. The molecule has 0 saturated carbocycles. The van der Waals surface area contributed by atoms with Crippen LogP contribution in [0, 0.1) is 11.7 Å². The molecular weight excluding hydrogens is 239 g/mol. The van der Waals surface area contributed by atoms with Crippen LogP contribution in [0.3, 0.4) is 0 Å². The summed E-state index contributed by atoms with van der Waals surface area (Å²) in [5.41, 5.74) is 1.13. The number of piperazine rings is 1. The SMILES string of the molecule is CC(C)[C@@H]1CN(c2ccc(F)cc2)CCN1C(C)C. The molecule has 1 aromatic carbocycles. The molecule has 2 rings (SSSR count). The third-order valence-corrected chi connectivity index (χ3v) is 4.09. The normalized spacial score (nSPS) is 21.4. The topological polar surface area (TPSA) is 6.48 Å². The second-order valence-electron chi connectivity index (χ2n) is 6.07. The zero-order chi connectivity index (χ0) is 14.0. The van der Waals surface area contributed by atoms with E-state index in [2.05, 4.69) is 37.5 Å². The second kappa shape index (κ2) is 5.91. The highest BCUT2D eigenvalue weighted by Crippen LogP contribution is 2.24. The molecule has 0 radical (unpaired) electrons. The number of hydrogen-bond donors (Lipinski definition) is 0. The Bertz CT molecular complexity index is 400. The lowest BCUT2D eigenvalue weighted by molar-refractivity contribution is 0.104. The van der Waals surface area contributed by atoms with Gasteiger partial charge in [0.15, 0.2) is 0 Å². The van der Waals surface area contributed by atoms with Gasteiger partial charge in [-0.25, -0.2) is 4.39 Å². The Kier molecular flexibility index (Phi) is 4.46. The molecule has 0 bridgehead atoms. The Labute approximate surface area is 116 Å². The molecule has 3 heteroatoms. The average molecular weight is 264 g/mol. The Balaban J connectivity index is 2.12. The summed E-state index contributed by atoms with van der Waals surface area (Å²) in [6.45, 7) is 12.2. The maximum absolute atomic E-state index is 13.0. The zero-order valence-corrected chi connectivity index (χ0v) is 12.4. The van der Waals surface area contributed by atoms with Crippen molar-refractivity contribution in [1.82, 2.24) is 4.90 Å². The van der Waals surface area contributed by atoms with E-state index in [1.54, 1.807) is 12.1 Å². The molecule has 0 aromatic heterocycles. The minimum Gasteiger partial charge on any atom is -0.369 e. The summed E-state index contributed by atoms with van der Waals surface area (Å²) in [5, 5.41) is 0. The van der Waals surface area contributed by atoms with Crippen LogP contribution >= 0.6 is 0 Å². The van der Waals surface area contributed by atoms with Gasteiger partial charge < -0.3 is 4.90 Å². The van der Waals surface area contributed by atoms with Crippen molar-refractivity contribution in [2.24, 2.45) is 5.92 Å². The van der Waals surface area contributed by atoms with Crippen LogP contribution in [0.5, 0.6) is 0 Å². The molecule has 106 valence electrons. The molecule has 19 heavy (non-hydrogen) atoms. The molecule has 0 amide bonds. The van der Waals surface area contributed by atoms with Crippen LogP contribution in [0.2, 0.25) is 0 Å². The summed E-state index contributed by atoms with van der Waals surface area (Å²) in [5.74, 6) is 0.468. The van der Waals surface area contributed by atoms with Crippen LogP contribution in [0.15, 0.2) is 24.3 Å². The van der Waals surface area contributed by atoms with Crippen LogP contribution < -0.4 is 4.90 Å². The van der Waals surface area contributed by atoms with E-state index in [4.69, 9.17) is 0 Å². The Morgan fingerprint density at radius 3 is 2.21 bits per heavy atom. The van der Waals surface area contributed by atoms with E-state index in [9.17, 15) is 4.39 Å². The van der Waals surface area contributed by atoms with Crippen LogP contribution in [0.25, 0.3) is 0 Å². The summed E-state index contributed by atoms with van der Waals surface area (Å²) >= 11 is 0. The molecule has 1 saturated heterocycles. The predicted molar refractivity (Wildman–Crippen MR) is 79.1 cm³/mol. The van der Waals surface area contributed by atoms with Gasteiger partial charge in [-0.2, -0.15) is 0 Å². The van der Waals surface area contributed by atoms with Crippen molar-refractivity contribution in [3.63, 3.8) is 0 Å². The molecule has 1 heterocycles. The maximum Gasteiger partial charge on any atom is 0.123 e. The summed E-state index contributed by atoms with van der Waals surface area (Å²) in [7, 11) is 0. The quantitative estimate of drug-likeness (QED) is 0.826. The third kappa shape index (κ3) is 3.27. The van der Waals surface area contributed by atoms with Gasteiger partial charge in [-0.3, -0.25) is 4.90 Å². The monoisotopic (exact) mass is 264 g/mol. The molecule has 0 N–H and O–H groups in total. The van der Waals surface area contributed by atoms with E-state index in [1.807, 2.05) is 12.1 Å². The first kappa shape index (κ1) is 14.3. The van der Waals surface area contributed by atoms with Crippen molar-refractivity contribution in [1.29, 1.82) is 0 Å². The van der Waals surface area contributed by atoms with Crippen molar-refractivity contribution in [2.75, 3.05) is 24.5 Å². The first-order valence-corrected chi connectivity index (χ1v) is 7.25. The fraction of sp³-hybridized carbons (Fsp3) is 0.625. The van der Waals surface area contributed by atoms with E-state index < -0.39 is 0 Å². The minimum absolute atomic E-state index is 0.162. The maximum atomic E-state index is 13.0. The van der Waals surface area contributed by atoms with E-state index in [-0.39, 0.29) is 5.82 Å². The van der Waals surface area contributed by atoms with E-state index >= 15 is 0 Å². The van der Waals surface area contributed by atoms with Gasteiger partial charge in [0.2, 0.25) is 0 Å². The van der Waals surface area contributed by atoms with Gasteiger partial charge >= 0.3 is 0 Å². The lowest BCUT2D eigenvalue weighted by Gasteiger charge is -2.46. The number of anilines is 1. The van der Waals surface area contributed by atoms with Crippen molar-refractivity contribution in [3.8, 4) is 0 Å². The van der Waals surface area contributed by atoms with Gasteiger partial charge in [0.05, 0.1) is 0 Å². The number of benzene rings is 1. The number of halogens is 1. The fourth-order valence-electron chi connectivity index (χ4n) is 2.95. The minimum atomic E-state index is -0.162. The van der Waals surface area contributed by atoms with E-state index in [1.165, 1.54) is 0 Å². The summed E-state index contributed by atoms with van der Waals surface area (Å²) in [6, 6.07) is 8.03.